The lowest BCUT2D eigenvalue weighted by Crippen LogP contribution is -2.32. The van der Waals surface area contributed by atoms with Crippen LogP contribution >= 0.6 is 11.6 Å². The van der Waals surface area contributed by atoms with E-state index < -0.39 is 11.9 Å². The van der Waals surface area contributed by atoms with Gasteiger partial charge in [0.25, 0.3) is 0 Å². The van der Waals surface area contributed by atoms with Crippen molar-refractivity contribution < 1.29 is 14.3 Å². The molecule has 2 heterocycles. The first kappa shape index (κ1) is 20.2. The Hall–Kier alpha value is -3.52. The molecule has 2 aromatic heterocycles. The van der Waals surface area contributed by atoms with E-state index in [0.29, 0.717) is 33.9 Å². The van der Waals surface area contributed by atoms with Gasteiger partial charge in [-0.1, -0.05) is 11.6 Å². The van der Waals surface area contributed by atoms with Gasteiger partial charge in [-0.05, 0) is 37.3 Å². The largest absolute Gasteiger partial charge is 0.439 e. The summed E-state index contributed by atoms with van der Waals surface area (Å²) < 4.78 is 5.66. The summed E-state index contributed by atoms with van der Waals surface area (Å²) in [6.07, 6.45) is 1.49. The molecule has 0 aliphatic heterocycles. The van der Waals surface area contributed by atoms with Crippen LogP contribution in [0, 0.1) is 0 Å². The number of rotatable bonds is 7. The third-order valence-electron chi connectivity index (χ3n) is 3.91. The van der Waals surface area contributed by atoms with E-state index >= 15 is 0 Å². The fraction of sp³-hybridized carbons (Fsp3) is 0.150. The van der Waals surface area contributed by atoms with Crippen molar-refractivity contribution in [1.29, 1.82) is 0 Å². The average molecular weight is 412 g/mol. The van der Waals surface area contributed by atoms with Gasteiger partial charge in [-0.15, -0.1) is 0 Å². The van der Waals surface area contributed by atoms with E-state index in [1.54, 1.807) is 43.3 Å². The number of Topliss-reactive ketones (excluding diaryl/α,β-unsaturated/α-hetero) is 1. The number of nitrogens with one attached hydrogen (secondary N) is 1. The van der Waals surface area contributed by atoms with Crippen molar-refractivity contribution in [3.63, 3.8) is 0 Å². The molecule has 1 aromatic carbocycles. The molecular weight excluding hydrogens is 394 g/mol. The van der Waals surface area contributed by atoms with Gasteiger partial charge < -0.3 is 15.8 Å². The molecule has 0 aliphatic carbocycles. The van der Waals surface area contributed by atoms with E-state index in [1.807, 2.05) is 0 Å². The predicted molar refractivity (Wildman–Crippen MR) is 109 cm³/mol. The van der Waals surface area contributed by atoms with E-state index in [1.165, 1.54) is 19.2 Å². The van der Waals surface area contributed by atoms with Gasteiger partial charge in [-0.2, -0.15) is 0 Å². The number of benzene rings is 1. The number of anilines is 1. The molecule has 1 amide bonds. The van der Waals surface area contributed by atoms with E-state index in [4.69, 9.17) is 22.1 Å². The third-order valence-corrected chi connectivity index (χ3v) is 4.14. The molecule has 9 heteroatoms. The number of carbonyl (C=O) groups excluding carboxylic acids is 2. The van der Waals surface area contributed by atoms with E-state index in [0.717, 1.165) is 0 Å². The molecule has 148 valence electrons. The molecule has 0 fully saturated rings. The van der Waals surface area contributed by atoms with Crippen LogP contribution in [0.2, 0.25) is 5.02 Å². The van der Waals surface area contributed by atoms with Crippen LogP contribution in [-0.4, -0.2) is 32.7 Å². The van der Waals surface area contributed by atoms with Crippen molar-refractivity contribution in [3.05, 3.63) is 59.4 Å². The van der Waals surface area contributed by atoms with E-state index in [9.17, 15) is 9.59 Å². The first-order chi connectivity index (χ1) is 13.8. The first-order valence-corrected chi connectivity index (χ1v) is 9.05. The SMILES string of the molecule is CC(=O)c1cc(N[C@@H](C)C(N)=O)nc(-c2ccc(Oc3ccc(Cl)cn3)cc2)n1. The van der Waals surface area contributed by atoms with E-state index in [2.05, 4.69) is 20.3 Å². The Morgan fingerprint density at radius 3 is 2.45 bits per heavy atom. The molecule has 3 rings (SSSR count). The summed E-state index contributed by atoms with van der Waals surface area (Å²) in [5.74, 6) is 0.866. The Morgan fingerprint density at radius 1 is 1.14 bits per heavy atom. The molecule has 3 N–H and O–H groups in total. The molecule has 0 spiro atoms. The monoisotopic (exact) mass is 411 g/mol. The quantitative estimate of drug-likeness (QED) is 0.571. The number of hydrogen-bond donors (Lipinski definition) is 2. The maximum absolute atomic E-state index is 11.8. The number of aromatic nitrogens is 3. The van der Waals surface area contributed by atoms with Gasteiger partial charge in [-0.25, -0.2) is 15.0 Å². The zero-order valence-corrected chi connectivity index (χ0v) is 16.5. The highest BCUT2D eigenvalue weighted by atomic mass is 35.5. The highest BCUT2D eigenvalue weighted by Gasteiger charge is 2.14. The molecule has 3 aromatic rings. The predicted octanol–water partition coefficient (Wildman–Crippen LogP) is 3.47. The van der Waals surface area contributed by atoms with Gasteiger partial charge in [0.15, 0.2) is 11.6 Å². The Kier molecular flexibility index (Phi) is 6.04. The molecule has 0 radical (unpaired) electrons. The van der Waals surface area contributed by atoms with Crippen LogP contribution in [0.4, 0.5) is 5.82 Å². The van der Waals surface area contributed by atoms with Crippen molar-refractivity contribution >= 4 is 29.1 Å². The van der Waals surface area contributed by atoms with Crippen LogP contribution in [-0.2, 0) is 4.79 Å². The summed E-state index contributed by atoms with van der Waals surface area (Å²) in [4.78, 5) is 35.9. The molecule has 0 aliphatic rings. The lowest BCUT2D eigenvalue weighted by atomic mass is 10.2. The van der Waals surface area contributed by atoms with E-state index in [-0.39, 0.29) is 11.5 Å². The van der Waals surface area contributed by atoms with Crippen molar-refractivity contribution in [2.24, 2.45) is 5.73 Å². The van der Waals surface area contributed by atoms with Crippen LogP contribution in [0.15, 0.2) is 48.7 Å². The fourth-order valence-corrected chi connectivity index (χ4v) is 2.45. The number of ketones is 1. The van der Waals surface area contributed by atoms with Crippen LogP contribution < -0.4 is 15.8 Å². The minimum atomic E-state index is -0.653. The van der Waals surface area contributed by atoms with Gasteiger partial charge in [0.1, 0.15) is 23.3 Å². The molecular formula is C20H18ClN5O3. The first-order valence-electron chi connectivity index (χ1n) is 8.67. The Balaban J connectivity index is 1.86. The van der Waals surface area contributed by atoms with Gasteiger partial charge in [0.2, 0.25) is 11.8 Å². The zero-order valence-electron chi connectivity index (χ0n) is 15.7. The normalized spacial score (nSPS) is 11.6. The van der Waals surface area contributed by atoms with Gasteiger partial charge in [-0.3, -0.25) is 9.59 Å². The van der Waals surface area contributed by atoms with Crippen molar-refractivity contribution in [2.45, 2.75) is 19.9 Å². The van der Waals surface area contributed by atoms with Gasteiger partial charge in [0.05, 0.1) is 5.02 Å². The molecule has 0 unspecified atom stereocenters. The second-order valence-electron chi connectivity index (χ2n) is 6.23. The fourth-order valence-electron chi connectivity index (χ4n) is 2.34. The number of primary amides is 1. The lowest BCUT2D eigenvalue weighted by molar-refractivity contribution is -0.118. The van der Waals surface area contributed by atoms with Crippen LogP contribution in [0.1, 0.15) is 24.3 Å². The lowest BCUT2D eigenvalue weighted by Gasteiger charge is -2.13. The number of nitrogens with two attached hydrogens (primary N) is 1. The highest BCUT2D eigenvalue weighted by Crippen LogP contribution is 2.25. The zero-order chi connectivity index (χ0) is 21.0. The number of hydrogen-bond acceptors (Lipinski definition) is 7. The van der Waals surface area contributed by atoms with Gasteiger partial charge >= 0.3 is 0 Å². The number of nitrogens with zero attached hydrogens (tertiary/aromatic N) is 3. The number of amides is 1. The van der Waals surface area contributed by atoms with Crippen LogP contribution in [0.25, 0.3) is 11.4 Å². The Morgan fingerprint density at radius 2 is 1.86 bits per heavy atom. The molecule has 1 atom stereocenters. The summed E-state index contributed by atoms with van der Waals surface area (Å²) in [7, 11) is 0. The topological polar surface area (TPSA) is 120 Å². The maximum Gasteiger partial charge on any atom is 0.239 e. The summed E-state index contributed by atoms with van der Waals surface area (Å²) in [5.41, 5.74) is 6.17. The summed E-state index contributed by atoms with van der Waals surface area (Å²) in [6.45, 7) is 3.01. The average Bonchev–Trinajstić information content (AvgIpc) is 2.70. The second kappa shape index (κ2) is 8.66. The minimum absolute atomic E-state index is 0.222. The van der Waals surface area contributed by atoms with Crippen molar-refractivity contribution in [3.8, 4) is 23.0 Å². The second-order valence-corrected chi connectivity index (χ2v) is 6.66. The third kappa shape index (κ3) is 5.26. The van der Waals surface area contributed by atoms with Crippen molar-refractivity contribution in [1.82, 2.24) is 15.0 Å². The van der Waals surface area contributed by atoms with Gasteiger partial charge in [0, 0.05) is 30.8 Å². The molecule has 0 saturated heterocycles. The smallest absolute Gasteiger partial charge is 0.239 e. The maximum atomic E-state index is 11.8. The molecule has 0 saturated carbocycles. The van der Waals surface area contributed by atoms with Crippen molar-refractivity contribution in [2.75, 3.05) is 5.32 Å². The Labute approximate surface area is 172 Å². The van der Waals surface area contributed by atoms with Crippen LogP contribution in [0.5, 0.6) is 11.6 Å². The molecule has 0 bridgehead atoms. The van der Waals surface area contributed by atoms with Crippen LogP contribution in [0.3, 0.4) is 0 Å². The standard InChI is InChI=1S/C20H18ClN5O3/c1-11(19(22)28)24-17-9-16(12(2)27)25-20(26-17)13-3-6-15(7-4-13)29-18-8-5-14(21)10-23-18/h3-11H,1-2H3,(H2,22,28)(H,24,25,26)/t11-/m0/s1. The molecule has 8 nitrogen and oxygen atoms in total. The highest BCUT2D eigenvalue weighted by molar-refractivity contribution is 6.30. The summed E-state index contributed by atoms with van der Waals surface area (Å²) in [6, 6.07) is 11.1. The molecule has 29 heavy (non-hydrogen) atoms. The summed E-state index contributed by atoms with van der Waals surface area (Å²) >= 11 is 5.81. The minimum Gasteiger partial charge on any atom is -0.439 e. The number of pyridine rings is 1. The number of halogens is 1. The number of ether oxygens (including phenoxy) is 1. The Bertz CT molecular complexity index is 1040. The summed E-state index contributed by atoms with van der Waals surface area (Å²) in [5, 5.41) is 3.39. The number of carbonyl (C=O) groups is 2.